The minimum atomic E-state index is 0. The number of benzene rings is 1. The van der Waals surface area contributed by atoms with Gasteiger partial charge in [0.15, 0.2) is 0 Å². The van der Waals surface area contributed by atoms with E-state index in [4.69, 9.17) is 0 Å². The quantitative estimate of drug-likeness (QED) is 0.710. The number of carbonyl (C=O) groups excluding carboxylic acids is 1. The summed E-state index contributed by atoms with van der Waals surface area (Å²) < 4.78 is 0. The predicted molar refractivity (Wildman–Crippen MR) is 114 cm³/mol. The van der Waals surface area contributed by atoms with Gasteiger partial charge in [-0.2, -0.15) is 0 Å². The van der Waals surface area contributed by atoms with Crippen molar-refractivity contribution in [3.8, 4) is 0 Å². The number of halogens is 1. The summed E-state index contributed by atoms with van der Waals surface area (Å²) in [7, 11) is 4.33. The molecule has 1 amide bonds. The molecular weight excluding hydrogens is 358 g/mol. The summed E-state index contributed by atoms with van der Waals surface area (Å²) in [6.45, 7) is 10.6. The van der Waals surface area contributed by atoms with Crippen molar-refractivity contribution < 1.29 is 4.79 Å². The van der Waals surface area contributed by atoms with Crippen molar-refractivity contribution in [3.05, 3.63) is 35.9 Å². The highest BCUT2D eigenvalue weighted by molar-refractivity contribution is 5.85. The molecule has 5 heteroatoms. The van der Waals surface area contributed by atoms with Crippen LogP contribution in [0, 0.1) is 17.3 Å². The van der Waals surface area contributed by atoms with Crippen LogP contribution in [0.25, 0.3) is 0 Å². The molecule has 1 aromatic carbocycles. The summed E-state index contributed by atoms with van der Waals surface area (Å²) in [5.74, 6) is 1.24. The van der Waals surface area contributed by atoms with Gasteiger partial charge in [-0.3, -0.25) is 9.69 Å². The van der Waals surface area contributed by atoms with Gasteiger partial charge in [0.05, 0.1) is 0 Å². The molecule has 27 heavy (non-hydrogen) atoms. The number of likely N-dealkylation sites (tertiary alicyclic amines) is 2. The third-order valence-corrected chi connectivity index (χ3v) is 6.38. The van der Waals surface area contributed by atoms with Gasteiger partial charge >= 0.3 is 0 Å². The molecule has 0 aromatic heterocycles. The molecule has 0 radical (unpaired) electrons. The van der Waals surface area contributed by atoms with Gasteiger partial charge in [0.1, 0.15) is 0 Å². The zero-order chi connectivity index (χ0) is 18.7. The molecule has 1 spiro atoms. The van der Waals surface area contributed by atoms with Crippen molar-refractivity contribution in [3.63, 3.8) is 0 Å². The van der Waals surface area contributed by atoms with Gasteiger partial charge in [-0.1, -0.05) is 44.2 Å². The lowest BCUT2D eigenvalue weighted by Crippen LogP contribution is -2.64. The lowest BCUT2D eigenvalue weighted by molar-refractivity contribution is -0.150. The van der Waals surface area contributed by atoms with E-state index in [2.05, 4.69) is 73.0 Å². The van der Waals surface area contributed by atoms with Crippen molar-refractivity contribution in [1.29, 1.82) is 0 Å². The maximum atomic E-state index is 12.7. The van der Waals surface area contributed by atoms with Crippen LogP contribution in [0.4, 0.5) is 0 Å². The number of nitrogens with zero attached hydrogens (tertiary/aromatic N) is 3. The SMILES string of the molecule is CCC(CC)C(=O)N1CC2(CN(Cc3ccccc3)CC2CN(C)C)C1.Cl. The number of hydrogen-bond acceptors (Lipinski definition) is 3. The summed E-state index contributed by atoms with van der Waals surface area (Å²) in [6.07, 6.45) is 1.92. The molecule has 1 atom stereocenters. The van der Waals surface area contributed by atoms with E-state index in [0.717, 1.165) is 52.1 Å². The first kappa shape index (κ1) is 22.2. The van der Waals surface area contributed by atoms with E-state index in [1.807, 2.05) is 0 Å². The molecule has 2 fully saturated rings. The molecule has 2 heterocycles. The van der Waals surface area contributed by atoms with Gasteiger partial charge < -0.3 is 9.80 Å². The van der Waals surface area contributed by atoms with E-state index in [-0.39, 0.29) is 18.3 Å². The number of rotatable bonds is 7. The average Bonchev–Trinajstić information content (AvgIpc) is 2.92. The van der Waals surface area contributed by atoms with Crippen LogP contribution in [-0.4, -0.2) is 67.4 Å². The Morgan fingerprint density at radius 2 is 1.78 bits per heavy atom. The number of amides is 1. The van der Waals surface area contributed by atoms with E-state index in [1.54, 1.807) is 0 Å². The summed E-state index contributed by atoms with van der Waals surface area (Å²) >= 11 is 0. The fourth-order valence-electron chi connectivity index (χ4n) is 4.92. The first-order valence-corrected chi connectivity index (χ1v) is 10.2. The first-order chi connectivity index (χ1) is 12.5. The Kier molecular flexibility index (Phi) is 7.73. The van der Waals surface area contributed by atoms with Crippen LogP contribution >= 0.6 is 12.4 Å². The maximum absolute atomic E-state index is 12.7. The third-order valence-electron chi connectivity index (χ3n) is 6.38. The summed E-state index contributed by atoms with van der Waals surface area (Å²) in [5.41, 5.74) is 1.68. The fourth-order valence-corrected chi connectivity index (χ4v) is 4.92. The highest BCUT2D eigenvalue weighted by Crippen LogP contribution is 2.45. The smallest absolute Gasteiger partial charge is 0.225 e. The Morgan fingerprint density at radius 3 is 2.33 bits per heavy atom. The zero-order valence-corrected chi connectivity index (χ0v) is 18.2. The second kappa shape index (κ2) is 9.40. The van der Waals surface area contributed by atoms with Crippen molar-refractivity contribution in [2.24, 2.45) is 17.3 Å². The van der Waals surface area contributed by atoms with Crippen molar-refractivity contribution in [1.82, 2.24) is 14.7 Å². The Morgan fingerprint density at radius 1 is 1.15 bits per heavy atom. The van der Waals surface area contributed by atoms with E-state index in [1.165, 1.54) is 5.56 Å². The topological polar surface area (TPSA) is 26.8 Å². The third kappa shape index (κ3) is 4.85. The lowest BCUT2D eigenvalue weighted by atomic mass is 9.71. The van der Waals surface area contributed by atoms with E-state index in [0.29, 0.717) is 17.2 Å². The molecule has 4 nitrogen and oxygen atoms in total. The normalized spacial score (nSPS) is 21.6. The minimum Gasteiger partial charge on any atom is -0.341 e. The Balaban J connectivity index is 0.00000261. The molecule has 152 valence electrons. The second-order valence-corrected chi connectivity index (χ2v) is 8.68. The van der Waals surface area contributed by atoms with Crippen molar-refractivity contribution in [2.75, 3.05) is 46.8 Å². The highest BCUT2D eigenvalue weighted by atomic mass is 35.5. The molecule has 2 saturated heterocycles. The van der Waals surface area contributed by atoms with E-state index < -0.39 is 0 Å². The van der Waals surface area contributed by atoms with Gasteiger partial charge in [0, 0.05) is 50.6 Å². The predicted octanol–water partition coefficient (Wildman–Crippen LogP) is 3.37. The molecule has 3 rings (SSSR count). The monoisotopic (exact) mass is 393 g/mol. The Labute approximate surface area is 171 Å². The minimum absolute atomic E-state index is 0. The number of hydrogen-bond donors (Lipinski definition) is 0. The molecule has 1 unspecified atom stereocenters. The Bertz CT molecular complexity index is 597. The van der Waals surface area contributed by atoms with Crippen molar-refractivity contribution >= 4 is 18.3 Å². The van der Waals surface area contributed by atoms with E-state index in [9.17, 15) is 4.79 Å². The van der Waals surface area contributed by atoms with Gasteiger partial charge in [-0.25, -0.2) is 0 Å². The average molecular weight is 394 g/mol. The lowest BCUT2D eigenvalue weighted by Gasteiger charge is -2.52. The summed E-state index contributed by atoms with van der Waals surface area (Å²) in [4.78, 5) is 19.8. The summed E-state index contributed by atoms with van der Waals surface area (Å²) in [6, 6.07) is 10.8. The molecule has 1 aromatic rings. The van der Waals surface area contributed by atoms with Gasteiger partial charge in [0.25, 0.3) is 0 Å². The fraction of sp³-hybridized carbons (Fsp3) is 0.682. The molecular formula is C22H36ClN3O. The second-order valence-electron chi connectivity index (χ2n) is 8.68. The highest BCUT2D eigenvalue weighted by Gasteiger charge is 2.55. The molecule has 2 aliphatic heterocycles. The van der Waals surface area contributed by atoms with Crippen LogP contribution in [0.15, 0.2) is 30.3 Å². The van der Waals surface area contributed by atoms with Crippen molar-refractivity contribution in [2.45, 2.75) is 33.2 Å². The maximum Gasteiger partial charge on any atom is 0.225 e. The van der Waals surface area contributed by atoms with Gasteiger partial charge in [-0.15, -0.1) is 12.4 Å². The zero-order valence-electron chi connectivity index (χ0n) is 17.4. The molecule has 0 saturated carbocycles. The molecule has 0 N–H and O–H groups in total. The molecule has 0 bridgehead atoms. The largest absolute Gasteiger partial charge is 0.341 e. The first-order valence-electron chi connectivity index (χ1n) is 10.2. The van der Waals surface area contributed by atoms with Crippen LogP contribution < -0.4 is 0 Å². The standard InChI is InChI=1S/C22H35N3O.ClH/c1-5-19(6-2)21(26)25-16-22(17-25)15-24(14-20(22)13-23(3)4)12-18-10-8-7-9-11-18;/h7-11,19-20H,5-6,12-17H2,1-4H3;1H. The molecule has 2 aliphatic rings. The van der Waals surface area contributed by atoms with Crippen LogP contribution in [0.5, 0.6) is 0 Å². The van der Waals surface area contributed by atoms with E-state index >= 15 is 0 Å². The van der Waals surface area contributed by atoms with Crippen LogP contribution in [-0.2, 0) is 11.3 Å². The van der Waals surface area contributed by atoms with Gasteiger partial charge in [-0.05, 0) is 38.4 Å². The Hall–Kier alpha value is -1.10. The molecule has 0 aliphatic carbocycles. The van der Waals surface area contributed by atoms with Gasteiger partial charge in [0.2, 0.25) is 5.91 Å². The summed E-state index contributed by atoms with van der Waals surface area (Å²) in [5, 5.41) is 0. The van der Waals surface area contributed by atoms with Crippen LogP contribution in [0.3, 0.4) is 0 Å². The van der Waals surface area contributed by atoms with Crippen LogP contribution in [0.1, 0.15) is 32.3 Å². The number of carbonyl (C=O) groups is 1. The van der Waals surface area contributed by atoms with Crippen LogP contribution in [0.2, 0.25) is 0 Å².